The maximum absolute atomic E-state index is 11.7. The summed E-state index contributed by atoms with van der Waals surface area (Å²) in [5, 5.41) is 0. The smallest absolute Gasteiger partial charge is 0.410 e. The maximum atomic E-state index is 11.7. The normalized spacial score (nSPS) is 9.71. The molecule has 0 aromatic heterocycles. The molecule has 1 rings (SSSR count). The second-order valence-corrected chi connectivity index (χ2v) is 4.05. The summed E-state index contributed by atoms with van der Waals surface area (Å²) in [6.45, 7) is 2.87. The molecule has 1 amide bonds. The molecule has 0 saturated carbocycles. The fourth-order valence-corrected chi connectivity index (χ4v) is 1.46. The molecule has 0 aliphatic carbocycles. The lowest BCUT2D eigenvalue weighted by atomic mass is 10.2. The van der Waals surface area contributed by atoms with Crippen molar-refractivity contribution in [3.63, 3.8) is 0 Å². The van der Waals surface area contributed by atoms with Gasteiger partial charge in [0.1, 0.15) is 6.61 Å². The van der Waals surface area contributed by atoms with Crippen LogP contribution in [0, 0.1) is 0 Å². The highest BCUT2D eigenvalue weighted by molar-refractivity contribution is 7.80. The van der Waals surface area contributed by atoms with E-state index in [4.69, 9.17) is 22.7 Å². The minimum absolute atomic E-state index is 0.249. The lowest BCUT2D eigenvalue weighted by Crippen LogP contribution is -2.37. The number of nitrogens with zero attached hydrogens (tertiary/aromatic N) is 1. The molecule has 0 spiro atoms. The minimum Gasteiger partial charge on any atom is -0.445 e. The van der Waals surface area contributed by atoms with Gasteiger partial charge in [-0.15, -0.1) is 0 Å². The molecule has 5 heteroatoms. The molecular weight excluding hydrogens is 236 g/mol. The minimum atomic E-state index is -0.399. The van der Waals surface area contributed by atoms with Gasteiger partial charge in [0.2, 0.25) is 0 Å². The van der Waals surface area contributed by atoms with Gasteiger partial charge in [0.05, 0.1) is 11.5 Å². The van der Waals surface area contributed by atoms with Crippen molar-refractivity contribution in [3.05, 3.63) is 35.9 Å². The van der Waals surface area contributed by atoms with E-state index in [0.29, 0.717) is 6.54 Å². The zero-order chi connectivity index (χ0) is 12.7. The molecule has 0 atom stereocenters. The molecule has 1 aromatic rings. The summed E-state index contributed by atoms with van der Waals surface area (Å²) < 4.78 is 5.15. The van der Waals surface area contributed by atoms with E-state index in [0.717, 1.165) is 5.56 Å². The Morgan fingerprint density at radius 2 is 2.06 bits per heavy atom. The van der Waals surface area contributed by atoms with Gasteiger partial charge in [0.15, 0.2) is 0 Å². The Kier molecular flexibility index (Phi) is 5.42. The molecule has 1 aromatic carbocycles. The number of carbonyl (C=O) groups excluding carboxylic acids is 1. The third kappa shape index (κ3) is 4.82. The van der Waals surface area contributed by atoms with E-state index >= 15 is 0 Å². The summed E-state index contributed by atoms with van der Waals surface area (Å²) in [5.74, 6) is 0. The van der Waals surface area contributed by atoms with Crippen molar-refractivity contribution >= 4 is 23.3 Å². The Morgan fingerprint density at radius 3 is 2.59 bits per heavy atom. The monoisotopic (exact) mass is 252 g/mol. The molecule has 0 unspecified atom stereocenters. The number of carbonyl (C=O) groups is 1. The molecule has 0 radical (unpaired) electrons. The van der Waals surface area contributed by atoms with Crippen LogP contribution in [0.1, 0.15) is 12.5 Å². The van der Waals surface area contributed by atoms with Gasteiger partial charge in [-0.2, -0.15) is 0 Å². The fourth-order valence-electron chi connectivity index (χ4n) is 1.30. The van der Waals surface area contributed by atoms with E-state index < -0.39 is 6.09 Å². The van der Waals surface area contributed by atoms with Crippen LogP contribution in [0.2, 0.25) is 0 Å². The first-order valence-corrected chi connectivity index (χ1v) is 5.78. The zero-order valence-electron chi connectivity index (χ0n) is 9.76. The van der Waals surface area contributed by atoms with Crippen LogP contribution in [0.25, 0.3) is 0 Å². The molecule has 4 nitrogen and oxygen atoms in total. The number of ether oxygens (including phenoxy) is 1. The Labute approximate surface area is 106 Å². The summed E-state index contributed by atoms with van der Waals surface area (Å²) in [6, 6.07) is 9.51. The van der Waals surface area contributed by atoms with Crippen LogP contribution in [0.15, 0.2) is 30.3 Å². The Bertz CT molecular complexity index is 381. The zero-order valence-corrected chi connectivity index (χ0v) is 10.6. The first-order chi connectivity index (χ1) is 8.13. The largest absolute Gasteiger partial charge is 0.445 e. The molecular formula is C12H16N2O2S. The van der Waals surface area contributed by atoms with E-state index in [1.165, 1.54) is 4.90 Å². The highest BCUT2D eigenvalue weighted by Gasteiger charge is 2.13. The van der Waals surface area contributed by atoms with Gasteiger partial charge in [0.25, 0.3) is 0 Å². The van der Waals surface area contributed by atoms with Crippen LogP contribution in [0.5, 0.6) is 0 Å². The lowest BCUT2D eigenvalue weighted by Gasteiger charge is -2.19. The number of hydrogen-bond acceptors (Lipinski definition) is 3. The van der Waals surface area contributed by atoms with Gasteiger partial charge in [-0.1, -0.05) is 42.5 Å². The van der Waals surface area contributed by atoms with E-state index in [2.05, 4.69) is 0 Å². The van der Waals surface area contributed by atoms with Gasteiger partial charge < -0.3 is 15.4 Å². The molecule has 0 aliphatic heterocycles. The van der Waals surface area contributed by atoms with Crippen LogP contribution >= 0.6 is 12.2 Å². The summed E-state index contributed by atoms with van der Waals surface area (Å²) >= 11 is 4.76. The van der Waals surface area contributed by atoms with Crippen LogP contribution < -0.4 is 5.73 Å². The van der Waals surface area contributed by atoms with Crippen molar-refractivity contribution in [2.75, 3.05) is 13.1 Å². The fraction of sp³-hybridized carbons (Fsp3) is 0.333. The molecule has 92 valence electrons. The molecule has 0 bridgehead atoms. The van der Waals surface area contributed by atoms with E-state index in [1.807, 2.05) is 37.3 Å². The molecule has 0 fully saturated rings. The lowest BCUT2D eigenvalue weighted by molar-refractivity contribution is 0.103. The number of thiocarbonyl (C=S) groups is 1. The Balaban J connectivity index is 2.45. The molecule has 0 saturated heterocycles. The first-order valence-electron chi connectivity index (χ1n) is 5.37. The molecule has 17 heavy (non-hydrogen) atoms. The number of benzene rings is 1. The number of likely N-dealkylation sites (N-methyl/N-ethyl adjacent to an activating group) is 1. The Morgan fingerprint density at radius 1 is 1.41 bits per heavy atom. The van der Waals surface area contributed by atoms with Crippen molar-refractivity contribution in [3.8, 4) is 0 Å². The Hall–Kier alpha value is -1.62. The predicted molar refractivity (Wildman–Crippen MR) is 70.7 cm³/mol. The van der Waals surface area contributed by atoms with Crippen molar-refractivity contribution in [2.45, 2.75) is 13.5 Å². The predicted octanol–water partition coefficient (Wildman–Crippen LogP) is 1.93. The average Bonchev–Trinajstić information content (AvgIpc) is 2.34. The van der Waals surface area contributed by atoms with Crippen LogP contribution in [-0.2, 0) is 11.3 Å². The van der Waals surface area contributed by atoms with Crippen LogP contribution in [-0.4, -0.2) is 29.1 Å². The third-order valence-corrected chi connectivity index (χ3v) is 2.32. The topological polar surface area (TPSA) is 55.6 Å². The third-order valence-electron chi connectivity index (χ3n) is 2.19. The van der Waals surface area contributed by atoms with Gasteiger partial charge in [-0.25, -0.2) is 4.79 Å². The van der Waals surface area contributed by atoms with Crippen molar-refractivity contribution in [2.24, 2.45) is 5.73 Å². The second-order valence-electron chi connectivity index (χ2n) is 3.52. The maximum Gasteiger partial charge on any atom is 0.410 e. The number of rotatable bonds is 5. The number of nitrogens with two attached hydrogens (primary N) is 1. The van der Waals surface area contributed by atoms with Crippen LogP contribution in [0.3, 0.4) is 0 Å². The summed E-state index contributed by atoms with van der Waals surface area (Å²) in [7, 11) is 0. The first kappa shape index (κ1) is 13.4. The SMILES string of the molecule is CCN(CC(N)=S)C(=O)OCc1ccccc1. The molecule has 0 aliphatic rings. The number of amides is 1. The van der Waals surface area contributed by atoms with Gasteiger partial charge in [-0.05, 0) is 12.5 Å². The van der Waals surface area contributed by atoms with Crippen molar-refractivity contribution < 1.29 is 9.53 Å². The molecule has 0 heterocycles. The van der Waals surface area contributed by atoms with Gasteiger partial charge >= 0.3 is 6.09 Å². The highest BCUT2D eigenvalue weighted by atomic mass is 32.1. The average molecular weight is 252 g/mol. The van der Waals surface area contributed by atoms with Crippen molar-refractivity contribution in [1.29, 1.82) is 0 Å². The van der Waals surface area contributed by atoms with Crippen molar-refractivity contribution in [1.82, 2.24) is 4.90 Å². The van der Waals surface area contributed by atoms with Crippen LogP contribution in [0.4, 0.5) is 4.79 Å². The van der Waals surface area contributed by atoms with Gasteiger partial charge in [0, 0.05) is 6.54 Å². The molecule has 2 N–H and O–H groups in total. The van der Waals surface area contributed by atoms with E-state index in [-0.39, 0.29) is 18.1 Å². The van der Waals surface area contributed by atoms with E-state index in [9.17, 15) is 4.79 Å². The second kappa shape index (κ2) is 6.85. The van der Waals surface area contributed by atoms with Gasteiger partial charge in [-0.3, -0.25) is 0 Å². The standard InChI is InChI=1S/C12H16N2O2S/c1-2-14(8-11(13)17)12(15)16-9-10-6-4-3-5-7-10/h3-7H,2,8-9H2,1H3,(H2,13,17). The quantitative estimate of drug-likeness (QED) is 0.814. The summed E-state index contributed by atoms with van der Waals surface area (Å²) in [6.07, 6.45) is -0.399. The summed E-state index contributed by atoms with van der Waals surface area (Å²) in [5.41, 5.74) is 6.35. The van der Waals surface area contributed by atoms with E-state index in [1.54, 1.807) is 0 Å². The summed E-state index contributed by atoms with van der Waals surface area (Å²) in [4.78, 5) is 13.4. The number of hydrogen-bond donors (Lipinski definition) is 1. The highest BCUT2D eigenvalue weighted by Crippen LogP contribution is 2.03.